The van der Waals surface area contributed by atoms with E-state index in [0.29, 0.717) is 0 Å². The molecule has 0 fully saturated rings. The van der Waals surface area contributed by atoms with Crippen molar-refractivity contribution in [2.75, 3.05) is 0 Å². The van der Waals surface area contributed by atoms with Crippen molar-refractivity contribution in [3.8, 4) is 0 Å². The Hall–Kier alpha value is -1.26. The van der Waals surface area contributed by atoms with E-state index in [1.165, 1.54) is 11.3 Å². The molecule has 2 aromatic heterocycles. The van der Waals surface area contributed by atoms with Crippen LogP contribution in [-0.2, 0) is 0 Å². The maximum atomic E-state index is 10.1. The van der Waals surface area contributed by atoms with Gasteiger partial charge in [-0.3, -0.25) is 4.98 Å². The highest BCUT2D eigenvalue weighted by Gasteiger charge is 2.15. The van der Waals surface area contributed by atoms with Crippen LogP contribution in [-0.4, -0.2) is 15.1 Å². The average Bonchev–Trinajstić information content (AvgIpc) is 2.65. The van der Waals surface area contributed by atoms with E-state index in [2.05, 4.69) is 9.97 Å². The molecule has 1 unspecified atom stereocenters. The first-order valence-corrected chi connectivity index (χ1v) is 5.51. The van der Waals surface area contributed by atoms with Gasteiger partial charge < -0.3 is 5.11 Å². The number of pyridine rings is 1. The number of nitrogens with zero attached hydrogens (tertiary/aromatic N) is 2. The lowest BCUT2D eigenvalue weighted by Gasteiger charge is -2.10. The van der Waals surface area contributed by atoms with Gasteiger partial charge in [0.05, 0.1) is 9.88 Å². The van der Waals surface area contributed by atoms with Gasteiger partial charge in [0, 0.05) is 24.2 Å². The van der Waals surface area contributed by atoms with Crippen molar-refractivity contribution in [3.63, 3.8) is 0 Å². The molecule has 0 aliphatic rings. The maximum Gasteiger partial charge on any atom is 0.117 e. The molecule has 1 atom stereocenters. The molecule has 3 nitrogen and oxygen atoms in total. The average molecular weight is 220 g/mol. The molecule has 2 rings (SSSR count). The van der Waals surface area contributed by atoms with Crippen LogP contribution in [0.2, 0.25) is 0 Å². The normalized spacial score (nSPS) is 12.7. The van der Waals surface area contributed by atoms with Crippen LogP contribution in [0.25, 0.3) is 0 Å². The monoisotopic (exact) mass is 220 g/mol. The quantitative estimate of drug-likeness (QED) is 0.844. The molecule has 78 valence electrons. The minimum atomic E-state index is -0.607. The van der Waals surface area contributed by atoms with E-state index in [0.717, 1.165) is 21.0 Å². The van der Waals surface area contributed by atoms with E-state index in [9.17, 15) is 5.11 Å². The Morgan fingerprint density at radius 2 is 2.13 bits per heavy atom. The molecule has 0 aliphatic carbocycles. The van der Waals surface area contributed by atoms with Crippen molar-refractivity contribution < 1.29 is 5.11 Å². The number of aromatic nitrogens is 2. The summed E-state index contributed by atoms with van der Waals surface area (Å²) in [7, 11) is 0. The summed E-state index contributed by atoms with van der Waals surface area (Å²) in [6.45, 7) is 3.89. The third-order valence-corrected chi connectivity index (χ3v) is 3.25. The molecule has 4 heteroatoms. The van der Waals surface area contributed by atoms with Gasteiger partial charge in [0.25, 0.3) is 0 Å². The van der Waals surface area contributed by atoms with Gasteiger partial charge in [-0.2, -0.15) is 0 Å². The first-order chi connectivity index (χ1) is 7.18. The highest BCUT2D eigenvalue weighted by molar-refractivity contribution is 7.11. The molecule has 0 saturated carbocycles. The molecular weight excluding hydrogens is 208 g/mol. The minimum absolute atomic E-state index is 0.607. The number of hydrogen-bond donors (Lipinski definition) is 1. The minimum Gasteiger partial charge on any atom is -0.383 e. The third-order valence-electron chi connectivity index (χ3n) is 2.28. The second kappa shape index (κ2) is 4.08. The summed E-state index contributed by atoms with van der Waals surface area (Å²) in [6.07, 6.45) is 4.54. The van der Waals surface area contributed by atoms with E-state index >= 15 is 0 Å². The fourth-order valence-electron chi connectivity index (χ4n) is 1.42. The molecule has 0 aromatic carbocycles. The predicted molar refractivity (Wildman–Crippen MR) is 59.9 cm³/mol. The van der Waals surface area contributed by atoms with E-state index in [1.54, 1.807) is 18.6 Å². The molecule has 0 aliphatic heterocycles. The van der Waals surface area contributed by atoms with Gasteiger partial charge in [0.1, 0.15) is 6.10 Å². The molecule has 2 heterocycles. The number of aliphatic hydroxyl groups excluding tert-OH is 1. The number of thiazole rings is 1. The molecule has 0 amide bonds. The van der Waals surface area contributed by atoms with Crippen molar-refractivity contribution in [3.05, 3.63) is 45.7 Å². The van der Waals surface area contributed by atoms with Crippen LogP contribution in [0.15, 0.2) is 24.7 Å². The second-order valence-electron chi connectivity index (χ2n) is 3.42. The lowest BCUT2D eigenvalue weighted by Crippen LogP contribution is -2.00. The Morgan fingerprint density at radius 3 is 2.73 bits per heavy atom. The Balaban J connectivity index is 2.36. The van der Waals surface area contributed by atoms with E-state index in [4.69, 9.17) is 0 Å². The van der Waals surface area contributed by atoms with Gasteiger partial charge in [0.2, 0.25) is 0 Å². The van der Waals surface area contributed by atoms with E-state index in [-0.39, 0.29) is 0 Å². The molecule has 0 bridgehead atoms. The van der Waals surface area contributed by atoms with Gasteiger partial charge in [-0.1, -0.05) is 0 Å². The van der Waals surface area contributed by atoms with Crippen molar-refractivity contribution >= 4 is 11.3 Å². The van der Waals surface area contributed by atoms with Gasteiger partial charge in [0.15, 0.2) is 0 Å². The van der Waals surface area contributed by atoms with Gasteiger partial charge >= 0.3 is 0 Å². The van der Waals surface area contributed by atoms with E-state index in [1.807, 2.05) is 19.9 Å². The zero-order chi connectivity index (χ0) is 10.8. The zero-order valence-corrected chi connectivity index (χ0v) is 9.45. The highest BCUT2D eigenvalue weighted by atomic mass is 32.1. The second-order valence-corrected chi connectivity index (χ2v) is 4.68. The van der Waals surface area contributed by atoms with Crippen LogP contribution >= 0.6 is 11.3 Å². The molecule has 0 spiro atoms. The summed E-state index contributed by atoms with van der Waals surface area (Å²) < 4.78 is 0. The fraction of sp³-hybridized carbons (Fsp3) is 0.273. The summed E-state index contributed by atoms with van der Waals surface area (Å²) >= 11 is 1.51. The fourth-order valence-corrected chi connectivity index (χ4v) is 2.21. The smallest absolute Gasteiger partial charge is 0.117 e. The van der Waals surface area contributed by atoms with Gasteiger partial charge in [-0.05, 0) is 25.5 Å². The van der Waals surface area contributed by atoms with E-state index < -0.39 is 6.10 Å². The van der Waals surface area contributed by atoms with Gasteiger partial charge in [-0.25, -0.2) is 4.98 Å². The number of rotatable bonds is 2. The van der Waals surface area contributed by atoms with Crippen LogP contribution < -0.4 is 0 Å². The van der Waals surface area contributed by atoms with Crippen LogP contribution in [0.3, 0.4) is 0 Å². The van der Waals surface area contributed by atoms with Crippen LogP contribution in [0.5, 0.6) is 0 Å². The zero-order valence-electron chi connectivity index (χ0n) is 8.64. The summed E-state index contributed by atoms with van der Waals surface area (Å²) in [5.74, 6) is 0. The van der Waals surface area contributed by atoms with Gasteiger partial charge in [-0.15, -0.1) is 11.3 Å². The first-order valence-electron chi connectivity index (χ1n) is 4.69. The first kappa shape index (κ1) is 10.3. The number of aliphatic hydroxyl groups is 1. The Kier molecular flexibility index (Phi) is 2.79. The molecule has 2 aromatic rings. The Labute approximate surface area is 92.5 Å². The summed E-state index contributed by atoms with van der Waals surface area (Å²) in [4.78, 5) is 9.02. The Bertz CT molecular complexity index is 467. The summed E-state index contributed by atoms with van der Waals surface area (Å²) in [5.41, 5.74) is 1.89. The van der Waals surface area contributed by atoms with Crippen LogP contribution in [0.4, 0.5) is 0 Å². The van der Waals surface area contributed by atoms with Crippen molar-refractivity contribution in [2.45, 2.75) is 20.0 Å². The summed E-state index contributed by atoms with van der Waals surface area (Å²) in [5, 5.41) is 11.1. The van der Waals surface area contributed by atoms with Crippen LogP contribution in [0.1, 0.15) is 27.1 Å². The predicted octanol–water partition coefficient (Wildman–Crippen LogP) is 2.24. The summed E-state index contributed by atoms with van der Waals surface area (Å²) in [6, 6.07) is 1.90. The molecule has 1 N–H and O–H groups in total. The molecule has 0 saturated heterocycles. The molecule has 15 heavy (non-hydrogen) atoms. The molecule has 0 radical (unpaired) electrons. The van der Waals surface area contributed by atoms with Crippen molar-refractivity contribution in [1.29, 1.82) is 0 Å². The Morgan fingerprint density at radius 1 is 1.33 bits per heavy atom. The number of hydrogen-bond acceptors (Lipinski definition) is 4. The molecular formula is C11H12N2OS. The third kappa shape index (κ3) is 2.06. The number of aryl methyl sites for hydroxylation is 2. The topological polar surface area (TPSA) is 46.0 Å². The van der Waals surface area contributed by atoms with Crippen LogP contribution in [0, 0.1) is 13.8 Å². The highest BCUT2D eigenvalue weighted by Crippen LogP contribution is 2.27. The van der Waals surface area contributed by atoms with Crippen molar-refractivity contribution in [2.24, 2.45) is 0 Å². The lowest BCUT2D eigenvalue weighted by atomic mass is 10.1. The SMILES string of the molecule is Cc1ncc(C(O)c2cnccc2C)s1. The van der Waals surface area contributed by atoms with Crippen molar-refractivity contribution in [1.82, 2.24) is 9.97 Å². The largest absolute Gasteiger partial charge is 0.383 e. The standard InChI is InChI=1S/C11H12N2OS/c1-7-3-4-12-5-9(7)11(14)10-6-13-8(2)15-10/h3-6,11,14H,1-2H3. The lowest BCUT2D eigenvalue weighted by molar-refractivity contribution is 0.222. The maximum absolute atomic E-state index is 10.1.